The van der Waals surface area contributed by atoms with E-state index in [0.717, 1.165) is 36.5 Å². The van der Waals surface area contributed by atoms with Crippen molar-refractivity contribution in [3.8, 4) is 22.8 Å². The molecule has 1 amide bonds. The van der Waals surface area contributed by atoms with E-state index in [9.17, 15) is 4.79 Å². The highest BCUT2D eigenvalue weighted by molar-refractivity contribution is 7.14. The van der Waals surface area contributed by atoms with Gasteiger partial charge in [-0.15, -0.1) is 11.3 Å². The van der Waals surface area contributed by atoms with Crippen LogP contribution in [-0.2, 0) is 4.74 Å². The van der Waals surface area contributed by atoms with Crippen LogP contribution in [0.4, 0.5) is 5.13 Å². The Morgan fingerprint density at radius 2 is 2.07 bits per heavy atom. The summed E-state index contributed by atoms with van der Waals surface area (Å²) in [4.78, 5) is 17.3. The van der Waals surface area contributed by atoms with E-state index in [1.165, 1.54) is 11.3 Å². The average molecular weight is 410 g/mol. The number of methoxy groups -OCH3 is 1. The molecular weight excluding hydrogens is 388 g/mol. The molecule has 1 aliphatic heterocycles. The first-order valence-electron chi connectivity index (χ1n) is 9.47. The van der Waals surface area contributed by atoms with Crippen LogP contribution >= 0.6 is 11.3 Å². The highest BCUT2D eigenvalue weighted by Crippen LogP contribution is 2.28. The van der Waals surface area contributed by atoms with E-state index in [-0.39, 0.29) is 12.0 Å². The van der Waals surface area contributed by atoms with Crippen LogP contribution < -0.4 is 14.8 Å². The fourth-order valence-corrected chi connectivity index (χ4v) is 3.84. The van der Waals surface area contributed by atoms with Gasteiger partial charge in [0.1, 0.15) is 18.1 Å². The van der Waals surface area contributed by atoms with Crippen LogP contribution in [0.3, 0.4) is 0 Å². The number of rotatable bonds is 7. The molecule has 29 heavy (non-hydrogen) atoms. The molecule has 1 fully saturated rings. The average Bonchev–Trinajstić information content (AvgIpc) is 3.45. The molecule has 2 aromatic carbocycles. The third kappa shape index (κ3) is 4.75. The molecule has 7 heteroatoms. The van der Waals surface area contributed by atoms with Gasteiger partial charge in [0.2, 0.25) is 0 Å². The van der Waals surface area contributed by atoms with Crippen LogP contribution in [0.1, 0.15) is 23.2 Å². The van der Waals surface area contributed by atoms with E-state index in [2.05, 4.69) is 10.3 Å². The minimum absolute atomic E-state index is 0.0946. The number of benzene rings is 2. The molecule has 4 rings (SSSR count). The second kappa shape index (κ2) is 9.07. The second-order valence-electron chi connectivity index (χ2n) is 6.66. The van der Waals surface area contributed by atoms with Gasteiger partial charge in [0.25, 0.3) is 5.91 Å². The van der Waals surface area contributed by atoms with Gasteiger partial charge < -0.3 is 14.2 Å². The van der Waals surface area contributed by atoms with Crippen LogP contribution in [0, 0.1) is 0 Å². The van der Waals surface area contributed by atoms with Gasteiger partial charge in [-0.3, -0.25) is 10.1 Å². The van der Waals surface area contributed by atoms with Gasteiger partial charge in [-0.25, -0.2) is 4.98 Å². The molecule has 0 radical (unpaired) electrons. The quantitative estimate of drug-likeness (QED) is 0.615. The maximum Gasteiger partial charge on any atom is 0.261 e. The SMILES string of the molecule is COc1ccc(-c2csc(NC(=O)c3ccccc3OCC3CCCO3)n2)cc1. The third-order valence-corrected chi connectivity index (χ3v) is 5.45. The number of hydrogen-bond donors (Lipinski definition) is 1. The van der Waals surface area contributed by atoms with Crippen LogP contribution in [0.15, 0.2) is 53.9 Å². The molecule has 1 N–H and O–H groups in total. The first-order chi connectivity index (χ1) is 14.2. The zero-order valence-electron chi connectivity index (χ0n) is 16.1. The van der Waals surface area contributed by atoms with Gasteiger partial charge in [0.15, 0.2) is 5.13 Å². The van der Waals surface area contributed by atoms with Crippen molar-refractivity contribution in [3.05, 3.63) is 59.5 Å². The zero-order chi connectivity index (χ0) is 20.1. The molecule has 0 bridgehead atoms. The number of hydrogen-bond acceptors (Lipinski definition) is 6. The topological polar surface area (TPSA) is 69.7 Å². The maximum atomic E-state index is 12.8. The van der Waals surface area contributed by atoms with Crippen molar-refractivity contribution in [2.24, 2.45) is 0 Å². The Balaban J connectivity index is 1.43. The molecule has 1 unspecified atom stereocenters. The number of thiazole rings is 1. The van der Waals surface area contributed by atoms with Gasteiger partial charge >= 0.3 is 0 Å². The van der Waals surface area contributed by atoms with Gasteiger partial charge in [-0.05, 0) is 49.2 Å². The summed E-state index contributed by atoms with van der Waals surface area (Å²) < 4.78 is 16.6. The van der Waals surface area contributed by atoms with Crippen molar-refractivity contribution in [1.29, 1.82) is 0 Å². The lowest BCUT2D eigenvalue weighted by Gasteiger charge is -2.14. The minimum atomic E-state index is -0.247. The summed E-state index contributed by atoms with van der Waals surface area (Å²) in [5, 5.41) is 5.32. The van der Waals surface area contributed by atoms with Crippen molar-refractivity contribution in [2.75, 3.05) is 25.6 Å². The lowest BCUT2D eigenvalue weighted by atomic mass is 10.2. The molecular formula is C22H22N2O4S. The summed E-state index contributed by atoms with van der Waals surface area (Å²) in [6, 6.07) is 14.9. The molecule has 0 spiro atoms. The molecule has 0 saturated carbocycles. The fraction of sp³-hybridized carbons (Fsp3) is 0.273. The smallest absolute Gasteiger partial charge is 0.261 e. The second-order valence-corrected chi connectivity index (χ2v) is 7.52. The molecule has 6 nitrogen and oxygen atoms in total. The summed E-state index contributed by atoms with van der Waals surface area (Å²) in [5.41, 5.74) is 2.24. The van der Waals surface area contributed by atoms with E-state index in [1.54, 1.807) is 19.2 Å². The number of carbonyl (C=O) groups is 1. The number of nitrogens with one attached hydrogen (secondary N) is 1. The highest BCUT2D eigenvalue weighted by Gasteiger charge is 2.19. The standard InChI is InChI=1S/C22H22N2O4S/c1-26-16-10-8-15(9-11-16)19-14-29-22(23-19)24-21(25)18-6-2-3-7-20(18)28-13-17-5-4-12-27-17/h2-3,6-11,14,17H,4-5,12-13H2,1H3,(H,23,24,25). The van der Waals surface area contributed by atoms with Crippen LogP contribution in [0.5, 0.6) is 11.5 Å². The number of para-hydroxylation sites is 1. The fourth-order valence-electron chi connectivity index (χ4n) is 3.13. The Morgan fingerprint density at radius 3 is 2.83 bits per heavy atom. The number of carbonyl (C=O) groups excluding carboxylic acids is 1. The lowest BCUT2D eigenvalue weighted by molar-refractivity contribution is 0.0673. The Bertz CT molecular complexity index is 965. The minimum Gasteiger partial charge on any atom is -0.497 e. The maximum absolute atomic E-state index is 12.8. The normalized spacial score (nSPS) is 15.8. The zero-order valence-corrected chi connectivity index (χ0v) is 16.9. The molecule has 0 aliphatic carbocycles. The predicted octanol–water partition coefficient (Wildman–Crippen LogP) is 4.63. The van der Waals surface area contributed by atoms with Gasteiger partial charge in [0.05, 0.1) is 24.5 Å². The number of amides is 1. The molecule has 1 aliphatic rings. The van der Waals surface area contributed by atoms with Gasteiger partial charge in [-0.1, -0.05) is 12.1 Å². The van der Waals surface area contributed by atoms with E-state index in [1.807, 2.05) is 41.8 Å². The molecule has 150 valence electrons. The van der Waals surface area contributed by atoms with Crippen molar-refractivity contribution in [2.45, 2.75) is 18.9 Å². The summed E-state index contributed by atoms with van der Waals surface area (Å²) >= 11 is 1.38. The van der Waals surface area contributed by atoms with Crippen molar-refractivity contribution in [1.82, 2.24) is 4.98 Å². The number of ether oxygens (including phenoxy) is 3. The highest BCUT2D eigenvalue weighted by atomic mass is 32.1. The lowest BCUT2D eigenvalue weighted by Crippen LogP contribution is -2.19. The largest absolute Gasteiger partial charge is 0.497 e. The van der Waals surface area contributed by atoms with E-state index in [4.69, 9.17) is 14.2 Å². The Labute approximate surface area is 173 Å². The van der Waals surface area contributed by atoms with Gasteiger partial charge in [0, 0.05) is 17.6 Å². The van der Waals surface area contributed by atoms with E-state index < -0.39 is 0 Å². The van der Waals surface area contributed by atoms with Crippen LogP contribution in [0.25, 0.3) is 11.3 Å². The van der Waals surface area contributed by atoms with Gasteiger partial charge in [-0.2, -0.15) is 0 Å². The Kier molecular flexibility index (Phi) is 6.07. The number of anilines is 1. The molecule has 1 saturated heterocycles. The molecule has 1 aromatic heterocycles. The molecule has 3 aromatic rings. The number of nitrogens with zero attached hydrogens (tertiary/aromatic N) is 1. The summed E-state index contributed by atoms with van der Waals surface area (Å²) in [6.45, 7) is 1.22. The summed E-state index contributed by atoms with van der Waals surface area (Å²) in [6.07, 6.45) is 2.13. The number of aromatic nitrogens is 1. The first kappa shape index (κ1) is 19.4. The Hall–Kier alpha value is -2.90. The summed E-state index contributed by atoms with van der Waals surface area (Å²) in [5.74, 6) is 1.09. The predicted molar refractivity (Wildman–Crippen MR) is 113 cm³/mol. The Morgan fingerprint density at radius 1 is 1.24 bits per heavy atom. The van der Waals surface area contributed by atoms with E-state index in [0.29, 0.717) is 23.1 Å². The third-order valence-electron chi connectivity index (χ3n) is 4.69. The van der Waals surface area contributed by atoms with Crippen molar-refractivity contribution < 1.29 is 19.0 Å². The van der Waals surface area contributed by atoms with Crippen molar-refractivity contribution in [3.63, 3.8) is 0 Å². The molecule has 1 atom stereocenters. The van der Waals surface area contributed by atoms with Crippen LogP contribution in [0.2, 0.25) is 0 Å². The first-order valence-corrected chi connectivity index (χ1v) is 10.4. The van der Waals surface area contributed by atoms with Crippen LogP contribution in [-0.4, -0.2) is 37.3 Å². The van der Waals surface area contributed by atoms with Crippen molar-refractivity contribution >= 4 is 22.4 Å². The molecule has 2 heterocycles. The summed E-state index contributed by atoms with van der Waals surface area (Å²) in [7, 11) is 1.63. The monoisotopic (exact) mass is 410 g/mol. The van der Waals surface area contributed by atoms with E-state index >= 15 is 0 Å².